The minimum absolute atomic E-state index is 0.0497. The lowest BCUT2D eigenvalue weighted by atomic mass is 10.2. The topological polar surface area (TPSA) is 71.3 Å². The van der Waals surface area contributed by atoms with Crippen LogP contribution in [0.5, 0.6) is 0 Å². The van der Waals surface area contributed by atoms with E-state index in [4.69, 9.17) is 4.52 Å². The number of hydrogen-bond acceptors (Lipinski definition) is 5. The standard InChI is InChI=1S/C12H18N4O2/c1-13-12(17)9-3-2-6-16(9)7-10-14-11(15-18-10)8-4-5-8/h8-9H,2-7H2,1H3,(H,13,17)/t9-/m0/s1. The number of likely N-dealkylation sites (N-methyl/N-ethyl adjacent to an activating group) is 1. The maximum atomic E-state index is 11.7. The molecule has 6 nitrogen and oxygen atoms in total. The highest BCUT2D eigenvalue weighted by atomic mass is 16.5. The maximum Gasteiger partial charge on any atom is 0.240 e. The summed E-state index contributed by atoms with van der Waals surface area (Å²) in [6.07, 6.45) is 4.29. The van der Waals surface area contributed by atoms with Crippen LogP contribution in [0.3, 0.4) is 0 Å². The van der Waals surface area contributed by atoms with Gasteiger partial charge in [-0.05, 0) is 32.2 Å². The first-order valence-corrected chi connectivity index (χ1v) is 6.56. The molecule has 2 heterocycles. The average molecular weight is 250 g/mol. The molecule has 1 N–H and O–H groups in total. The molecule has 1 aromatic rings. The number of carbonyl (C=O) groups is 1. The number of amides is 1. The normalized spacial score (nSPS) is 24.4. The smallest absolute Gasteiger partial charge is 0.240 e. The number of rotatable bonds is 4. The molecule has 1 aliphatic heterocycles. The zero-order valence-electron chi connectivity index (χ0n) is 10.6. The van der Waals surface area contributed by atoms with Crippen molar-refractivity contribution < 1.29 is 9.32 Å². The van der Waals surface area contributed by atoms with Crippen LogP contribution in [0.2, 0.25) is 0 Å². The van der Waals surface area contributed by atoms with Crippen molar-refractivity contribution in [2.24, 2.45) is 0 Å². The third-order valence-corrected chi connectivity index (χ3v) is 3.68. The summed E-state index contributed by atoms with van der Waals surface area (Å²) >= 11 is 0. The fourth-order valence-corrected chi connectivity index (χ4v) is 2.49. The average Bonchev–Trinajstić information content (AvgIpc) is 2.96. The zero-order valence-corrected chi connectivity index (χ0v) is 10.6. The van der Waals surface area contributed by atoms with E-state index in [1.807, 2.05) is 0 Å². The van der Waals surface area contributed by atoms with Gasteiger partial charge in [-0.25, -0.2) is 0 Å². The summed E-state index contributed by atoms with van der Waals surface area (Å²) in [5, 5.41) is 6.71. The lowest BCUT2D eigenvalue weighted by molar-refractivity contribution is -0.125. The van der Waals surface area contributed by atoms with Crippen LogP contribution in [0.25, 0.3) is 0 Å². The first-order valence-electron chi connectivity index (χ1n) is 6.56. The first kappa shape index (κ1) is 11.6. The minimum Gasteiger partial charge on any atom is -0.358 e. The number of nitrogens with one attached hydrogen (secondary N) is 1. The Morgan fingerprint density at radius 2 is 2.33 bits per heavy atom. The fraction of sp³-hybridized carbons (Fsp3) is 0.750. The van der Waals surface area contributed by atoms with Crippen LogP contribution in [0, 0.1) is 0 Å². The van der Waals surface area contributed by atoms with Crippen LogP contribution < -0.4 is 5.32 Å². The molecule has 1 amide bonds. The number of aromatic nitrogens is 2. The van der Waals surface area contributed by atoms with Gasteiger partial charge in [-0.15, -0.1) is 0 Å². The van der Waals surface area contributed by atoms with E-state index < -0.39 is 0 Å². The van der Waals surface area contributed by atoms with E-state index >= 15 is 0 Å². The Morgan fingerprint density at radius 1 is 1.50 bits per heavy atom. The molecule has 3 rings (SSSR count). The summed E-state index contributed by atoms with van der Waals surface area (Å²) in [6.45, 7) is 1.50. The fourth-order valence-electron chi connectivity index (χ4n) is 2.49. The van der Waals surface area contributed by atoms with E-state index in [2.05, 4.69) is 20.4 Å². The van der Waals surface area contributed by atoms with Crippen molar-refractivity contribution in [1.82, 2.24) is 20.4 Å². The molecule has 1 saturated heterocycles. The van der Waals surface area contributed by atoms with Crippen LogP contribution >= 0.6 is 0 Å². The molecule has 0 unspecified atom stereocenters. The van der Waals surface area contributed by atoms with Gasteiger partial charge in [0.1, 0.15) is 0 Å². The molecule has 0 aromatic carbocycles. The first-order chi connectivity index (χ1) is 8.78. The predicted molar refractivity (Wildman–Crippen MR) is 63.8 cm³/mol. The molecule has 0 bridgehead atoms. The number of carbonyl (C=O) groups excluding carboxylic acids is 1. The van der Waals surface area contributed by atoms with E-state index in [1.54, 1.807) is 7.05 Å². The Balaban J connectivity index is 1.65. The molecule has 0 spiro atoms. The quantitative estimate of drug-likeness (QED) is 0.850. The van der Waals surface area contributed by atoms with Crippen LogP contribution in [0.4, 0.5) is 0 Å². The second kappa shape index (κ2) is 4.68. The molecular weight excluding hydrogens is 232 g/mol. The Bertz CT molecular complexity index is 441. The van der Waals surface area contributed by atoms with Crippen LogP contribution in [0.1, 0.15) is 43.3 Å². The summed E-state index contributed by atoms with van der Waals surface area (Å²) < 4.78 is 5.26. The molecule has 2 aliphatic rings. The number of nitrogens with zero attached hydrogens (tertiary/aromatic N) is 3. The summed E-state index contributed by atoms with van der Waals surface area (Å²) in [5.74, 6) is 2.05. The largest absolute Gasteiger partial charge is 0.358 e. The minimum atomic E-state index is -0.0497. The Hall–Kier alpha value is -1.43. The maximum absolute atomic E-state index is 11.7. The molecule has 1 aromatic heterocycles. The van der Waals surface area contributed by atoms with E-state index in [9.17, 15) is 4.79 Å². The van der Waals surface area contributed by atoms with Gasteiger partial charge in [0.2, 0.25) is 11.8 Å². The van der Waals surface area contributed by atoms with Gasteiger partial charge in [-0.3, -0.25) is 9.69 Å². The lowest BCUT2D eigenvalue weighted by Crippen LogP contribution is -2.41. The molecule has 0 radical (unpaired) electrons. The molecule has 98 valence electrons. The Labute approximate surface area is 106 Å². The second-order valence-electron chi connectivity index (χ2n) is 5.06. The number of hydrogen-bond donors (Lipinski definition) is 1. The van der Waals surface area contributed by atoms with E-state index in [1.165, 1.54) is 12.8 Å². The van der Waals surface area contributed by atoms with Crippen molar-refractivity contribution in [2.75, 3.05) is 13.6 Å². The highest BCUT2D eigenvalue weighted by Gasteiger charge is 2.32. The third kappa shape index (κ3) is 2.25. The Morgan fingerprint density at radius 3 is 3.06 bits per heavy atom. The van der Waals surface area contributed by atoms with Gasteiger partial charge in [0.25, 0.3) is 0 Å². The van der Waals surface area contributed by atoms with Crippen molar-refractivity contribution in [3.05, 3.63) is 11.7 Å². The molecule has 18 heavy (non-hydrogen) atoms. The van der Waals surface area contributed by atoms with Crippen LogP contribution in [-0.4, -0.2) is 40.6 Å². The highest BCUT2D eigenvalue weighted by Crippen LogP contribution is 2.38. The molecule has 1 atom stereocenters. The number of likely N-dealkylation sites (tertiary alicyclic amines) is 1. The van der Waals surface area contributed by atoms with Crippen molar-refractivity contribution in [3.8, 4) is 0 Å². The Kier molecular flexibility index (Phi) is 3.03. The second-order valence-corrected chi connectivity index (χ2v) is 5.06. The van der Waals surface area contributed by atoms with Crippen molar-refractivity contribution in [2.45, 2.75) is 44.2 Å². The molecular formula is C12H18N4O2. The van der Waals surface area contributed by atoms with E-state index in [0.29, 0.717) is 18.4 Å². The zero-order chi connectivity index (χ0) is 12.5. The van der Waals surface area contributed by atoms with Gasteiger partial charge in [0.15, 0.2) is 5.82 Å². The van der Waals surface area contributed by atoms with E-state index in [-0.39, 0.29) is 11.9 Å². The molecule has 6 heteroatoms. The summed E-state index contributed by atoms with van der Waals surface area (Å²) in [6, 6.07) is -0.0497. The monoisotopic (exact) mass is 250 g/mol. The van der Waals surface area contributed by atoms with Gasteiger partial charge >= 0.3 is 0 Å². The summed E-state index contributed by atoms with van der Waals surface area (Å²) in [5.41, 5.74) is 0. The molecule has 1 aliphatic carbocycles. The van der Waals surface area contributed by atoms with E-state index in [0.717, 1.165) is 25.2 Å². The van der Waals surface area contributed by atoms with Crippen LogP contribution in [-0.2, 0) is 11.3 Å². The highest BCUT2D eigenvalue weighted by molar-refractivity contribution is 5.81. The lowest BCUT2D eigenvalue weighted by Gasteiger charge is -2.20. The summed E-state index contributed by atoms with van der Waals surface area (Å²) in [7, 11) is 1.68. The third-order valence-electron chi connectivity index (χ3n) is 3.68. The van der Waals surface area contributed by atoms with Crippen LogP contribution in [0.15, 0.2) is 4.52 Å². The van der Waals surface area contributed by atoms with Gasteiger partial charge in [0, 0.05) is 13.0 Å². The molecule has 1 saturated carbocycles. The molecule has 2 fully saturated rings. The van der Waals surface area contributed by atoms with Gasteiger partial charge < -0.3 is 9.84 Å². The van der Waals surface area contributed by atoms with Gasteiger partial charge in [-0.1, -0.05) is 5.16 Å². The predicted octanol–water partition coefficient (Wildman–Crippen LogP) is 0.657. The summed E-state index contributed by atoms with van der Waals surface area (Å²) in [4.78, 5) is 18.2. The van der Waals surface area contributed by atoms with Crippen molar-refractivity contribution in [3.63, 3.8) is 0 Å². The SMILES string of the molecule is CNC(=O)[C@@H]1CCCN1Cc1nc(C2CC2)no1. The van der Waals surface area contributed by atoms with Crippen molar-refractivity contribution >= 4 is 5.91 Å². The van der Waals surface area contributed by atoms with Gasteiger partial charge in [-0.2, -0.15) is 4.98 Å². The van der Waals surface area contributed by atoms with Crippen molar-refractivity contribution in [1.29, 1.82) is 0 Å². The van der Waals surface area contributed by atoms with Gasteiger partial charge in [0.05, 0.1) is 12.6 Å².